The first-order valence-corrected chi connectivity index (χ1v) is 14.8. The van der Waals surface area contributed by atoms with Crippen LogP contribution >= 0.6 is 11.8 Å². The molecule has 0 radical (unpaired) electrons. The number of aliphatic hydroxyl groups is 1. The summed E-state index contributed by atoms with van der Waals surface area (Å²) in [5.74, 6) is 0.935. The predicted molar refractivity (Wildman–Crippen MR) is 161 cm³/mol. The highest BCUT2D eigenvalue weighted by Crippen LogP contribution is 2.33. The minimum atomic E-state index is -0.688. The number of imidazole rings is 1. The maximum atomic E-state index is 13.3. The number of benzene rings is 2. The summed E-state index contributed by atoms with van der Waals surface area (Å²) in [6.45, 7) is 1.89. The van der Waals surface area contributed by atoms with Gasteiger partial charge in [-0.15, -0.1) is 11.8 Å². The molecule has 4 N–H and O–H groups in total. The van der Waals surface area contributed by atoms with Gasteiger partial charge in [-0.25, -0.2) is 4.98 Å². The van der Waals surface area contributed by atoms with E-state index in [-0.39, 0.29) is 35.5 Å². The molecule has 6 rings (SSSR count). The number of carbonyl (C=O) groups is 2. The van der Waals surface area contributed by atoms with Crippen molar-refractivity contribution in [2.24, 2.45) is 0 Å². The molecular weight excluding hydrogens is 556 g/mol. The topological polar surface area (TPSA) is 144 Å². The van der Waals surface area contributed by atoms with E-state index in [2.05, 4.69) is 25.2 Å². The second-order valence-electron chi connectivity index (χ2n) is 10.6. The van der Waals surface area contributed by atoms with Crippen molar-refractivity contribution in [2.75, 3.05) is 44.9 Å². The van der Waals surface area contributed by atoms with Crippen LogP contribution < -0.4 is 15.6 Å². The first kappa shape index (κ1) is 28.0. The van der Waals surface area contributed by atoms with Crippen LogP contribution in [0.15, 0.2) is 58.4 Å². The van der Waals surface area contributed by atoms with Crippen LogP contribution in [0.2, 0.25) is 0 Å². The van der Waals surface area contributed by atoms with Crippen LogP contribution in [-0.4, -0.2) is 93.4 Å². The molecule has 2 aromatic carbocycles. The number of aromatic nitrogens is 3. The molecule has 1 saturated heterocycles. The molecule has 2 aromatic heterocycles. The highest BCUT2D eigenvalue weighted by atomic mass is 32.2. The number of nitrogens with one attached hydrogen (secondary N) is 3. The molecule has 1 atom stereocenters. The number of carbonyl (C=O) groups excluding carboxylic acids is 2. The first-order valence-electron chi connectivity index (χ1n) is 13.8. The zero-order chi connectivity index (χ0) is 29.4. The van der Waals surface area contributed by atoms with Gasteiger partial charge in [-0.2, -0.15) is 0 Å². The molecule has 1 fully saturated rings. The fraction of sp³-hybridized carbons (Fsp3) is 0.333. The van der Waals surface area contributed by atoms with E-state index in [9.17, 15) is 19.5 Å². The van der Waals surface area contributed by atoms with Gasteiger partial charge in [-0.1, -0.05) is 0 Å². The SMILES string of the molecule is COc1ccc(SCC(O)CNc2cc[nH]c(=O)c2-c2nc3cc4c(cc3[nH]2)C(=O)N(C2CCN(C)CC2)C4=O)cc1. The normalized spacial score (nSPS) is 16.7. The summed E-state index contributed by atoms with van der Waals surface area (Å²) in [6.07, 6.45) is 2.35. The molecule has 2 amide bonds. The molecule has 0 saturated carbocycles. The molecule has 1 unspecified atom stereocenters. The van der Waals surface area contributed by atoms with Gasteiger partial charge in [0.1, 0.15) is 17.1 Å². The van der Waals surface area contributed by atoms with Gasteiger partial charge in [-0.05, 0) is 75.4 Å². The van der Waals surface area contributed by atoms with Crippen LogP contribution in [-0.2, 0) is 0 Å². The highest BCUT2D eigenvalue weighted by Gasteiger charge is 2.41. The molecule has 4 aromatic rings. The summed E-state index contributed by atoms with van der Waals surface area (Å²) in [4.78, 5) is 54.6. The fourth-order valence-corrected chi connectivity index (χ4v) is 6.31. The quantitative estimate of drug-likeness (QED) is 0.171. The number of imide groups is 1. The Morgan fingerprint density at radius 3 is 2.52 bits per heavy atom. The lowest BCUT2D eigenvalue weighted by Crippen LogP contribution is -2.46. The first-order chi connectivity index (χ1) is 20.3. The number of aromatic amines is 2. The number of methoxy groups -OCH3 is 1. The number of fused-ring (bicyclic) bond motifs is 2. The Balaban J connectivity index is 1.19. The number of nitrogens with zero attached hydrogens (tertiary/aromatic N) is 3. The van der Waals surface area contributed by atoms with Gasteiger partial charge in [0.15, 0.2) is 0 Å². The number of thioether (sulfide) groups is 1. The van der Waals surface area contributed by atoms with Gasteiger partial charge in [0.05, 0.1) is 41.1 Å². The summed E-state index contributed by atoms with van der Waals surface area (Å²) in [6, 6.07) is 12.5. The Morgan fingerprint density at radius 2 is 1.81 bits per heavy atom. The predicted octanol–water partition coefficient (Wildman–Crippen LogP) is 3.18. The average molecular weight is 589 g/mol. The standard InChI is InChI=1S/C30H32N6O5S/c1-35-11-8-17(9-12-35)36-29(39)21-13-24-25(14-22(21)30(36)40)34-27(33-24)26-23(7-10-31-28(26)38)32-15-18(37)16-42-20-5-3-19(41-2)4-6-20/h3-7,10,13-14,17-18,37H,8-9,11-12,15-16H2,1-2H3,(H,33,34)(H2,31,32,38). The summed E-state index contributed by atoms with van der Waals surface area (Å²) < 4.78 is 5.18. The third kappa shape index (κ3) is 5.40. The van der Waals surface area contributed by atoms with Crippen molar-refractivity contribution in [1.29, 1.82) is 0 Å². The number of hydrogen-bond donors (Lipinski definition) is 4. The van der Waals surface area contributed by atoms with E-state index in [4.69, 9.17) is 4.74 Å². The van der Waals surface area contributed by atoms with Crippen LogP contribution in [0.25, 0.3) is 22.4 Å². The Hall–Kier alpha value is -4.13. The molecular formula is C30H32N6O5S. The van der Waals surface area contributed by atoms with E-state index in [1.807, 2.05) is 31.3 Å². The Labute approximate surface area is 246 Å². The van der Waals surface area contributed by atoms with Crippen molar-refractivity contribution in [3.05, 3.63) is 70.1 Å². The third-order valence-corrected chi connectivity index (χ3v) is 8.96. The van der Waals surface area contributed by atoms with Crippen LogP contribution in [0.1, 0.15) is 33.6 Å². The van der Waals surface area contributed by atoms with Gasteiger partial charge in [0, 0.05) is 29.4 Å². The van der Waals surface area contributed by atoms with Crippen molar-refractivity contribution in [3.63, 3.8) is 0 Å². The zero-order valence-corrected chi connectivity index (χ0v) is 24.2. The summed E-state index contributed by atoms with van der Waals surface area (Å²) in [5.41, 5.74) is 2.13. The van der Waals surface area contributed by atoms with E-state index < -0.39 is 6.10 Å². The maximum Gasteiger partial charge on any atom is 0.261 e. The second kappa shape index (κ2) is 11.6. The Morgan fingerprint density at radius 1 is 1.10 bits per heavy atom. The average Bonchev–Trinajstić information content (AvgIpc) is 3.51. The highest BCUT2D eigenvalue weighted by molar-refractivity contribution is 7.99. The molecule has 12 heteroatoms. The van der Waals surface area contributed by atoms with Crippen molar-refractivity contribution >= 4 is 40.3 Å². The number of amides is 2. The maximum absolute atomic E-state index is 13.3. The molecule has 0 bridgehead atoms. The van der Waals surface area contributed by atoms with Gasteiger partial charge < -0.3 is 30.0 Å². The Bertz CT molecular complexity index is 1640. The fourth-order valence-electron chi connectivity index (χ4n) is 5.48. The number of piperidine rings is 1. The Kier molecular flexibility index (Phi) is 7.76. The lowest BCUT2D eigenvalue weighted by atomic mass is 10.0. The van der Waals surface area contributed by atoms with Gasteiger partial charge in [0.25, 0.3) is 17.4 Å². The summed E-state index contributed by atoms with van der Waals surface area (Å²) in [7, 11) is 3.65. The lowest BCUT2D eigenvalue weighted by molar-refractivity contribution is 0.0516. The molecule has 218 valence electrons. The molecule has 0 spiro atoms. The van der Waals surface area contributed by atoms with Crippen molar-refractivity contribution in [3.8, 4) is 17.1 Å². The van der Waals surface area contributed by atoms with Crippen molar-refractivity contribution < 1.29 is 19.4 Å². The monoisotopic (exact) mass is 588 g/mol. The van der Waals surface area contributed by atoms with Crippen molar-refractivity contribution in [2.45, 2.75) is 29.9 Å². The number of hydrogen-bond acceptors (Lipinski definition) is 9. The largest absolute Gasteiger partial charge is 0.497 e. The lowest BCUT2D eigenvalue weighted by Gasteiger charge is -2.33. The third-order valence-electron chi connectivity index (χ3n) is 7.80. The second-order valence-corrected chi connectivity index (χ2v) is 11.7. The van der Waals surface area contributed by atoms with Crippen molar-refractivity contribution in [1.82, 2.24) is 24.8 Å². The molecule has 0 aliphatic carbocycles. The van der Waals surface area contributed by atoms with Gasteiger partial charge in [0.2, 0.25) is 0 Å². The number of H-pyrrole nitrogens is 2. The number of aliphatic hydroxyl groups excluding tert-OH is 1. The molecule has 11 nitrogen and oxygen atoms in total. The van der Waals surface area contributed by atoms with Crippen LogP contribution in [0.3, 0.4) is 0 Å². The minimum Gasteiger partial charge on any atom is -0.497 e. The summed E-state index contributed by atoms with van der Waals surface area (Å²) in [5, 5.41) is 13.8. The van der Waals surface area contributed by atoms with E-state index in [1.54, 1.807) is 25.3 Å². The molecule has 42 heavy (non-hydrogen) atoms. The van der Waals surface area contributed by atoms with Crippen LogP contribution in [0.5, 0.6) is 5.75 Å². The summed E-state index contributed by atoms with van der Waals surface area (Å²) >= 11 is 1.52. The van der Waals surface area contributed by atoms with E-state index >= 15 is 0 Å². The number of ether oxygens (including phenoxy) is 1. The van der Waals surface area contributed by atoms with E-state index in [0.29, 0.717) is 39.4 Å². The van der Waals surface area contributed by atoms with Gasteiger partial charge in [-0.3, -0.25) is 19.3 Å². The number of pyridine rings is 1. The molecule has 2 aliphatic rings. The smallest absolute Gasteiger partial charge is 0.261 e. The number of anilines is 1. The molecule has 2 aliphatic heterocycles. The van der Waals surface area contributed by atoms with E-state index in [0.717, 1.165) is 36.6 Å². The minimum absolute atomic E-state index is 0.114. The van der Waals surface area contributed by atoms with Crippen LogP contribution in [0.4, 0.5) is 5.69 Å². The number of rotatable bonds is 9. The molecule has 4 heterocycles. The van der Waals surface area contributed by atoms with Gasteiger partial charge >= 0.3 is 0 Å². The van der Waals surface area contributed by atoms with Crippen LogP contribution in [0, 0.1) is 0 Å². The number of likely N-dealkylation sites (tertiary alicyclic amines) is 1. The zero-order valence-electron chi connectivity index (χ0n) is 23.3. The van der Waals surface area contributed by atoms with E-state index in [1.165, 1.54) is 22.9 Å².